The van der Waals surface area contributed by atoms with Crippen molar-refractivity contribution in [1.82, 2.24) is 9.80 Å². The second kappa shape index (κ2) is 7.89. The number of amides is 2. The smallest absolute Gasteiger partial charge is 0.255 e. The minimum absolute atomic E-state index is 0.0409. The summed E-state index contributed by atoms with van der Waals surface area (Å²) in [5.41, 5.74) is 2.52. The zero-order chi connectivity index (χ0) is 18.7. The molecule has 0 atom stereocenters. The third-order valence-corrected chi connectivity index (χ3v) is 4.86. The summed E-state index contributed by atoms with van der Waals surface area (Å²) in [4.78, 5) is 29.2. The van der Waals surface area contributed by atoms with Crippen molar-refractivity contribution in [2.45, 2.75) is 6.92 Å². The molecule has 0 unspecified atom stereocenters. The third-order valence-electron chi connectivity index (χ3n) is 4.53. The van der Waals surface area contributed by atoms with E-state index in [1.807, 2.05) is 37.1 Å². The van der Waals surface area contributed by atoms with Gasteiger partial charge in [-0.3, -0.25) is 9.59 Å². The van der Waals surface area contributed by atoms with Gasteiger partial charge in [0.15, 0.2) is 0 Å². The quantitative estimate of drug-likeness (QED) is 0.900. The lowest BCUT2D eigenvalue weighted by Gasteiger charge is -2.32. The van der Waals surface area contributed by atoms with E-state index < -0.39 is 0 Å². The number of carbonyl (C=O) groups is 2. The average Bonchev–Trinajstić information content (AvgIpc) is 2.63. The number of nitrogens with one attached hydrogen (secondary N) is 1. The lowest BCUT2D eigenvalue weighted by Crippen LogP contribution is -2.47. The molecule has 2 amide bonds. The van der Waals surface area contributed by atoms with E-state index >= 15 is 0 Å². The van der Waals surface area contributed by atoms with Crippen LogP contribution in [0.5, 0.6) is 0 Å². The Bertz CT molecular complexity index is 830. The van der Waals surface area contributed by atoms with Crippen LogP contribution in [0, 0.1) is 6.92 Å². The number of piperazine rings is 1. The summed E-state index contributed by atoms with van der Waals surface area (Å²) in [6.07, 6.45) is 0. The van der Waals surface area contributed by atoms with Gasteiger partial charge in [0.1, 0.15) is 0 Å². The number of benzene rings is 2. The molecular weight excluding hydrogens is 350 g/mol. The molecule has 6 heteroatoms. The molecule has 26 heavy (non-hydrogen) atoms. The molecule has 0 spiro atoms. The highest BCUT2D eigenvalue weighted by atomic mass is 35.5. The van der Waals surface area contributed by atoms with Crippen LogP contribution in [0.15, 0.2) is 42.5 Å². The largest absolute Gasteiger partial charge is 0.336 e. The topological polar surface area (TPSA) is 52.7 Å². The molecule has 0 aromatic heterocycles. The first kappa shape index (κ1) is 18.4. The highest BCUT2D eigenvalue weighted by molar-refractivity contribution is 6.34. The summed E-state index contributed by atoms with van der Waals surface area (Å²) in [6, 6.07) is 12.3. The summed E-state index contributed by atoms with van der Waals surface area (Å²) in [5.74, 6) is -0.291. The molecule has 1 aliphatic rings. The molecule has 1 heterocycles. The molecule has 0 bridgehead atoms. The summed E-state index contributed by atoms with van der Waals surface area (Å²) < 4.78 is 0. The fourth-order valence-corrected chi connectivity index (χ4v) is 3.09. The predicted molar refractivity (Wildman–Crippen MR) is 104 cm³/mol. The molecule has 1 N–H and O–H groups in total. The summed E-state index contributed by atoms with van der Waals surface area (Å²) >= 11 is 6.22. The Labute approximate surface area is 158 Å². The molecule has 1 aliphatic heterocycles. The maximum Gasteiger partial charge on any atom is 0.255 e. The van der Waals surface area contributed by atoms with Crippen LogP contribution in [0.3, 0.4) is 0 Å². The number of carbonyl (C=O) groups excluding carboxylic acids is 2. The van der Waals surface area contributed by atoms with Crippen molar-refractivity contribution in [1.29, 1.82) is 0 Å². The molecule has 1 saturated heterocycles. The number of hydrogen-bond donors (Lipinski definition) is 1. The number of hydrogen-bond acceptors (Lipinski definition) is 3. The van der Waals surface area contributed by atoms with Gasteiger partial charge in [-0.1, -0.05) is 29.3 Å². The van der Waals surface area contributed by atoms with Crippen molar-refractivity contribution >= 4 is 29.1 Å². The molecule has 3 rings (SSSR count). The standard InChI is InChI=1S/C20H22ClN3O2/c1-14-4-3-5-15(12-14)19(25)22-18-13-16(6-7-17(18)21)20(26)24-10-8-23(2)9-11-24/h3-7,12-13H,8-11H2,1-2H3,(H,22,25). The van der Waals surface area contributed by atoms with Crippen LogP contribution in [0.1, 0.15) is 26.3 Å². The van der Waals surface area contributed by atoms with Crippen LogP contribution in [0.4, 0.5) is 5.69 Å². The lowest BCUT2D eigenvalue weighted by molar-refractivity contribution is 0.0664. The number of rotatable bonds is 3. The second-order valence-electron chi connectivity index (χ2n) is 6.61. The Hall–Kier alpha value is -2.37. The van der Waals surface area contributed by atoms with Gasteiger partial charge >= 0.3 is 0 Å². The maximum atomic E-state index is 12.7. The zero-order valence-electron chi connectivity index (χ0n) is 15.0. The molecule has 0 aliphatic carbocycles. The first-order chi connectivity index (χ1) is 12.4. The average molecular weight is 372 g/mol. The molecule has 0 radical (unpaired) electrons. The van der Waals surface area contributed by atoms with Crippen LogP contribution in [0.25, 0.3) is 0 Å². The Morgan fingerprint density at radius 3 is 2.42 bits per heavy atom. The highest BCUT2D eigenvalue weighted by Crippen LogP contribution is 2.25. The van der Waals surface area contributed by atoms with Gasteiger partial charge in [0.25, 0.3) is 11.8 Å². The van der Waals surface area contributed by atoms with E-state index in [-0.39, 0.29) is 11.8 Å². The van der Waals surface area contributed by atoms with E-state index in [2.05, 4.69) is 10.2 Å². The second-order valence-corrected chi connectivity index (χ2v) is 7.02. The number of likely N-dealkylation sites (N-methyl/N-ethyl adjacent to an activating group) is 1. The SMILES string of the molecule is Cc1cccc(C(=O)Nc2cc(C(=O)N3CCN(C)CC3)ccc2Cl)c1. The summed E-state index contributed by atoms with van der Waals surface area (Å²) in [5, 5.41) is 3.21. The van der Waals surface area contributed by atoms with E-state index in [9.17, 15) is 9.59 Å². The number of anilines is 1. The van der Waals surface area contributed by atoms with Crippen molar-refractivity contribution in [3.05, 3.63) is 64.2 Å². The number of aryl methyl sites for hydroxylation is 1. The zero-order valence-corrected chi connectivity index (χ0v) is 15.7. The van der Waals surface area contributed by atoms with Crippen molar-refractivity contribution < 1.29 is 9.59 Å². The molecule has 1 fully saturated rings. The highest BCUT2D eigenvalue weighted by Gasteiger charge is 2.21. The Balaban J connectivity index is 1.77. The number of nitrogens with zero attached hydrogens (tertiary/aromatic N) is 2. The predicted octanol–water partition coefficient (Wildman–Crippen LogP) is 3.29. The third kappa shape index (κ3) is 4.23. The fourth-order valence-electron chi connectivity index (χ4n) is 2.93. The van der Waals surface area contributed by atoms with Crippen molar-refractivity contribution in [2.24, 2.45) is 0 Å². The monoisotopic (exact) mass is 371 g/mol. The Kier molecular flexibility index (Phi) is 5.59. The van der Waals surface area contributed by atoms with Gasteiger partial charge < -0.3 is 15.1 Å². The van der Waals surface area contributed by atoms with Gasteiger partial charge in [0.05, 0.1) is 10.7 Å². The van der Waals surface area contributed by atoms with Crippen molar-refractivity contribution in [3.8, 4) is 0 Å². The minimum Gasteiger partial charge on any atom is -0.336 e. The van der Waals surface area contributed by atoms with Gasteiger partial charge in [-0.05, 0) is 44.3 Å². The van der Waals surface area contributed by atoms with Gasteiger partial charge in [0.2, 0.25) is 0 Å². The van der Waals surface area contributed by atoms with E-state index in [1.165, 1.54) is 0 Å². The van der Waals surface area contributed by atoms with Crippen LogP contribution < -0.4 is 5.32 Å². The molecule has 136 valence electrons. The van der Waals surface area contributed by atoms with Gasteiger partial charge in [-0.2, -0.15) is 0 Å². The van der Waals surface area contributed by atoms with E-state index in [1.54, 1.807) is 24.3 Å². The molecule has 0 saturated carbocycles. The fraction of sp³-hybridized carbons (Fsp3) is 0.300. The lowest BCUT2D eigenvalue weighted by atomic mass is 10.1. The van der Waals surface area contributed by atoms with Crippen LogP contribution in [0.2, 0.25) is 5.02 Å². The van der Waals surface area contributed by atoms with Crippen LogP contribution in [-0.2, 0) is 0 Å². The minimum atomic E-state index is -0.250. The van der Waals surface area contributed by atoms with Crippen molar-refractivity contribution in [2.75, 3.05) is 38.5 Å². The van der Waals surface area contributed by atoms with Crippen LogP contribution in [-0.4, -0.2) is 54.8 Å². The van der Waals surface area contributed by atoms with Crippen LogP contribution >= 0.6 is 11.6 Å². The van der Waals surface area contributed by atoms with Gasteiger partial charge in [0, 0.05) is 37.3 Å². The van der Waals surface area contributed by atoms with Gasteiger partial charge in [-0.15, -0.1) is 0 Å². The van der Waals surface area contributed by atoms with E-state index in [0.29, 0.717) is 34.9 Å². The first-order valence-electron chi connectivity index (χ1n) is 8.59. The Morgan fingerprint density at radius 1 is 1.00 bits per heavy atom. The first-order valence-corrected chi connectivity index (χ1v) is 8.97. The Morgan fingerprint density at radius 2 is 1.73 bits per heavy atom. The molecule has 5 nitrogen and oxygen atoms in total. The van der Waals surface area contributed by atoms with Gasteiger partial charge in [-0.25, -0.2) is 0 Å². The molecular formula is C20H22ClN3O2. The summed E-state index contributed by atoms with van der Waals surface area (Å²) in [6.45, 7) is 5.04. The number of halogens is 1. The molecule has 2 aromatic carbocycles. The van der Waals surface area contributed by atoms with E-state index in [0.717, 1.165) is 18.7 Å². The summed E-state index contributed by atoms with van der Waals surface area (Å²) in [7, 11) is 2.04. The van der Waals surface area contributed by atoms with E-state index in [4.69, 9.17) is 11.6 Å². The normalized spacial score (nSPS) is 15.0. The molecule has 2 aromatic rings. The van der Waals surface area contributed by atoms with Crippen molar-refractivity contribution in [3.63, 3.8) is 0 Å². The maximum absolute atomic E-state index is 12.7.